The molecule has 1 aliphatic carbocycles. The summed E-state index contributed by atoms with van der Waals surface area (Å²) < 4.78 is 5.39. The van der Waals surface area contributed by atoms with Gasteiger partial charge in [0, 0.05) is 34.7 Å². The molecule has 2 heterocycles. The van der Waals surface area contributed by atoms with Gasteiger partial charge in [-0.3, -0.25) is 0 Å². The van der Waals surface area contributed by atoms with Crippen LogP contribution >= 0.6 is 11.6 Å². The third-order valence-corrected chi connectivity index (χ3v) is 5.59. The molecule has 8 heteroatoms. The zero-order valence-electron chi connectivity index (χ0n) is 18.0. The van der Waals surface area contributed by atoms with Crippen LogP contribution in [0.3, 0.4) is 0 Å². The first-order valence-corrected chi connectivity index (χ1v) is 11.0. The lowest BCUT2D eigenvalue weighted by Gasteiger charge is -2.31. The first-order valence-electron chi connectivity index (χ1n) is 10.6. The van der Waals surface area contributed by atoms with Gasteiger partial charge in [0.1, 0.15) is 5.60 Å². The lowest BCUT2D eigenvalue weighted by Crippen LogP contribution is -2.44. The van der Waals surface area contributed by atoms with Gasteiger partial charge in [-0.25, -0.2) is 14.8 Å². The number of nitrogens with zero attached hydrogens (tertiary/aromatic N) is 2. The van der Waals surface area contributed by atoms with Gasteiger partial charge in [0.15, 0.2) is 0 Å². The summed E-state index contributed by atoms with van der Waals surface area (Å²) >= 11 is 6.44. The lowest BCUT2D eigenvalue weighted by atomic mass is 9.91. The van der Waals surface area contributed by atoms with Gasteiger partial charge in [-0.15, -0.1) is 0 Å². The number of hydrogen-bond acceptors (Lipinski definition) is 5. The molecule has 1 amide bonds. The predicted molar refractivity (Wildman–Crippen MR) is 123 cm³/mol. The fraction of sp³-hybridized carbons (Fsp3) is 0.435. The van der Waals surface area contributed by atoms with Crippen molar-refractivity contribution < 1.29 is 9.53 Å². The number of rotatable bonds is 4. The maximum absolute atomic E-state index is 12.1. The highest BCUT2D eigenvalue weighted by atomic mass is 35.5. The van der Waals surface area contributed by atoms with E-state index < -0.39 is 5.60 Å². The Balaban J connectivity index is 1.46. The quantitative estimate of drug-likeness (QED) is 0.495. The number of carbonyl (C=O) groups is 1. The van der Waals surface area contributed by atoms with Gasteiger partial charge in [-0.2, -0.15) is 0 Å². The number of aromatic nitrogens is 3. The van der Waals surface area contributed by atoms with E-state index in [1.165, 1.54) is 0 Å². The predicted octanol–water partition coefficient (Wildman–Crippen LogP) is 5.53. The number of anilines is 1. The van der Waals surface area contributed by atoms with Crippen molar-refractivity contribution in [1.29, 1.82) is 0 Å². The molecule has 3 N–H and O–H groups in total. The highest BCUT2D eigenvalue weighted by Gasteiger charge is 2.26. The second-order valence-electron chi connectivity index (χ2n) is 8.99. The summed E-state index contributed by atoms with van der Waals surface area (Å²) in [6.45, 7) is 5.59. The summed E-state index contributed by atoms with van der Waals surface area (Å²) in [5.41, 5.74) is 2.16. The number of para-hydroxylation sites is 1. The van der Waals surface area contributed by atoms with Crippen molar-refractivity contribution >= 4 is 34.5 Å². The minimum absolute atomic E-state index is 0.0569. The highest BCUT2D eigenvalue weighted by molar-refractivity contribution is 6.33. The largest absolute Gasteiger partial charge is 0.444 e. The second-order valence-corrected chi connectivity index (χ2v) is 9.40. The Morgan fingerprint density at radius 1 is 1.23 bits per heavy atom. The Labute approximate surface area is 187 Å². The molecule has 164 valence electrons. The molecule has 2 atom stereocenters. The van der Waals surface area contributed by atoms with Crippen molar-refractivity contribution in [3.05, 3.63) is 41.7 Å². The first-order chi connectivity index (χ1) is 14.8. The molecule has 1 fully saturated rings. The van der Waals surface area contributed by atoms with Gasteiger partial charge in [-0.05, 0) is 52.5 Å². The summed E-state index contributed by atoms with van der Waals surface area (Å²) in [5, 5.41) is 7.98. The van der Waals surface area contributed by atoms with Crippen LogP contribution in [-0.4, -0.2) is 38.7 Å². The van der Waals surface area contributed by atoms with Crippen LogP contribution in [0.15, 0.2) is 36.7 Å². The monoisotopic (exact) mass is 441 g/mol. The van der Waals surface area contributed by atoms with Crippen LogP contribution in [0.2, 0.25) is 5.02 Å². The number of H-pyrrole nitrogens is 1. The number of hydrogen-bond donors (Lipinski definition) is 3. The molecule has 7 nitrogen and oxygen atoms in total. The van der Waals surface area contributed by atoms with E-state index in [4.69, 9.17) is 21.3 Å². The molecule has 1 saturated carbocycles. The molecule has 31 heavy (non-hydrogen) atoms. The minimum atomic E-state index is -0.508. The van der Waals surface area contributed by atoms with Crippen molar-refractivity contribution in [3.8, 4) is 11.3 Å². The average molecular weight is 442 g/mol. The lowest BCUT2D eigenvalue weighted by molar-refractivity contribution is 0.0492. The van der Waals surface area contributed by atoms with E-state index in [1.807, 2.05) is 51.2 Å². The maximum atomic E-state index is 12.1. The van der Waals surface area contributed by atoms with Crippen molar-refractivity contribution in [2.45, 2.75) is 64.1 Å². The van der Waals surface area contributed by atoms with Crippen molar-refractivity contribution in [3.63, 3.8) is 0 Å². The summed E-state index contributed by atoms with van der Waals surface area (Å²) in [4.78, 5) is 24.5. The van der Waals surface area contributed by atoms with E-state index in [0.717, 1.165) is 42.1 Å². The fourth-order valence-corrected chi connectivity index (χ4v) is 4.19. The van der Waals surface area contributed by atoms with Crippen molar-refractivity contribution in [2.75, 3.05) is 5.32 Å². The van der Waals surface area contributed by atoms with Crippen LogP contribution in [0, 0.1) is 0 Å². The maximum Gasteiger partial charge on any atom is 0.407 e. The van der Waals surface area contributed by atoms with Crippen molar-refractivity contribution in [2.24, 2.45) is 0 Å². The Morgan fingerprint density at radius 2 is 2.00 bits per heavy atom. The number of ether oxygens (including phenoxy) is 1. The van der Waals surface area contributed by atoms with Gasteiger partial charge in [0.25, 0.3) is 0 Å². The molecule has 0 aliphatic heterocycles. The van der Waals surface area contributed by atoms with E-state index in [0.29, 0.717) is 16.7 Å². The smallest absolute Gasteiger partial charge is 0.407 e. The minimum Gasteiger partial charge on any atom is -0.444 e. The van der Waals surface area contributed by atoms with Gasteiger partial charge in [0.2, 0.25) is 5.95 Å². The zero-order chi connectivity index (χ0) is 22.0. The van der Waals surface area contributed by atoms with Crippen LogP contribution in [0.5, 0.6) is 0 Å². The Bertz CT molecular complexity index is 1080. The number of amides is 1. The molecule has 2 unspecified atom stereocenters. The molecule has 0 saturated heterocycles. The van der Waals surface area contributed by atoms with E-state index in [1.54, 1.807) is 6.20 Å². The van der Waals surface area contributed by atoms with Crippen molar-refractivity contribution in [1.82, 2.24) is 20.3 Å². The molecule has 0 spiro atoms. The highest BCUT2D eigenvalue weighted by Crippen LogP contribution is 2.32. The molecular formula is C23H28ClN5O2. The molecule has 0 radical (unpaired) electrons. The summed E-state index contributed by atoms with van der Waals surface area (Å²) in [6, 6.07) is 8.26. The number of benzene rings is 1. The van der Waals surface area contributed by atoms with Crippen LogP contribution in [0.4, 0.5) is 10.7 Å². The van der Waals surface area contributed by atoms with Crippen LogP contribution < -0.4 is 10.6 Å². The molecule has 0 bridgehead atoms. The fourth-order valence-electron chi connectivity index (χ4n) is 4.00. The molecule has 4 rings (SSSR count). The van der Waals surface area contributed by atoms with Gasteiger partial charge < -0.3 is 20.4 Å². The van der Waals surface area contributed by atoms with E-state index in [-0.39, 0.29) is 18.2 Å². The van der Waals surface area contributed by atoms with Crippen LogP contribution in [0.25, 0.3) is 22.2 Å². The topological polar surface area (TPSA) is 91.9 Å². The number of aromatic amines is 1. The second kappa shape index (κ2) is 8.75. The Morgan fingerprint density at radius 3 is 2.81 bits per heavy atom. The summed E-state index contributed by atoms with van der Waals surface area (Å²) in [7, 11) is 0. The van der Waals surface area contributed by atoms with Gasteiger partial charge in [-0.1, -0.05) is 29.8 Å². The zero-order valence-corrected chi connectivity index (χ0v) is 18.8. The molecular weight excluding hydrogens is 414 g/mol. The third-order valence-electron chi connectivity index (χ3n) is 5.32. The average Bonchev–Trinajstić information content (AvgIpc) is 3.12. The first kappa shape index (κ1) is 21.4. The summed E-state index contributed by atoms with van der Waals surface area (Å²) in [5.74, 6) is 0.535. The van der Waals surface area contributed by atoms with Crippen LogP contribution in [0.1, 0.15) is 46.5 Å². The Hall–Kier alpha value is -2.80. The number of nitrogens with one attached hydrogen (secondary N) is 3. The Kier molecular flexibility index (Phi) is 6.05. The number of alkyl carbamates (subject to hydrolysis) is 1. The molecule has 2 aromatic heterocycles. The van der Waals surface area contributed by atoms with E-state index >= 15 is 0 Å². The number of fused-ring (bicyclic) bond motifs is 1. The normalized spacial score (nSPS) is 19.2. The van der Waals surface area contributed by atoms with Gasteiger partial charge >= 0.3 is 6.09 Å². The number of carbonyl (C=O) groups excluding carboxylic acids is 1. The van der Waals surface area contributed by atoms with Crippen LogP contribution in [-0.2, 0) is 4.74 Å². The standard InChI is InChI=1S/C23H28ClN5O2/c1-23(2,3)31-22(30)28-15-8-6-7-14(11-15)27-21-26-13-18(24)20(29-21)17-12-25-19-10-5-4-9-16(17)19/h4-5,9-10,12-15,25H,6-8,11H2,1-3H3,(H,28,30)(H,26,27,29). The molecule has 3 aromatic rings. The third kappa shape index (κ3) is 5.28. The molecule has 1 aromatic carbocycles. The summed E-state index contributed by atoms with van der Waals surface area (Å²) in [6.07, 6.45) is 6.88. The van der Waals surface area contributed by atoms with E-state index in [2.05, 4.69) is 20.6 Å². The molecule has 1 aliphatic rings. The van der Waals surface area contributed by atoms with E-state index in [9.17, 15) is 4.79 Å². The SMILES string of the molecule is CC(C)(C)OC(=O)NC1CCCC(Nc2ncc(Cl)c(-c3c[nH]c4ccccc34)n2)C1. The van der Waals surface area contributed by atoms with Gasteiger partial charge in [0.05, 0.1) is 16.9 Å². The number of halogens is 1.